The first-order chi connectivity index (χ1) is 7.24. The molecule has 0 heterocycles. The van der Waals surface area contributed by atoms with Crippen LogP contribution in [0.3, 0.4) is 0 Å². The Morgan fingerprint density at radius 2 is 1.32 bits per heavy atom. The molecule has 0 aliphatic rings. The average molecular weight is 385 g/mol. The minimum absolute atomic E-state index is 0. The van der Waals surface area contributed by atoms with E-state index in [0.717, 1.165) is 0 Å². The molecule has 0 saturated carbocycles. The standard InChI is InChI=1S/C9H7NO.ClHO4.Co.5H2N/c1-7(11)9-4-2-8(6-10)3-5-9;2-1(3,4)5;;;;;;/h2-5H,1H3;(H,2,3,4,5);;5*1H2/q;;+3;5*-1. The zero-order valence-electron chi connectivity index (χ0n) is 11.4. The van der Waals surface area contributed by atoms with Crippen LogP contribution in [0.4, 0.5) is 0 Å². The number of halogens is 1. The average Bonchev–Trinajstić information content (AvgIpc) is 2.15. The molecule has 0 aromatic heterocycles. The number of rotatable bonds is 1. The van der Waals surface area contributed by atoms with Gasteiger partial charge in [-0.1, -0.05) is 12.1 Å². The molecular weight excluding hydrogens is 367 g/mol. The Bertz CT molecular complexity index is 402. The van der Waals surface area contributed by atoms with E-state index in [1.54, 1.807) is 24.3 Å². The fourth-order valence-electron chi connectivity index (χ4n) is 0.779. The van der Waals surface area contributed by atoms with Crippen LogP contribution in [0.15, 0.2) is 24.3 Å². The van der Waals surface area contributed by atoms with Gasteiger partial charge in [0.25, 0.3) is 0 Å². The number of nitriles is 1. The number of Topliss-reactive ketones (excluding diaryl/α,β-unsaturated/α-hetero) is 1. The van der Waals surface area contributed by atoms with Crippen molar-refractivity contribution in [3.8, 4) is 6.07 Å². The fourth-order valence-corrected chi connectivity index (χ4v) is 0.779. The molecule has 0 unspecified atom stereocenters. The largest absolute Gasteiger partial charge is 3.00 e. The number of benzene rings is 1. The van der Waals surface area contributed by atoms with Crippen molar-refractivity contribution in [2.24, 2.45) is 0 Å². The summed E-state index contributed by atoms with van der Waals surface area (Å²) in [5.41, 5.74) is 1.22. The Kier molecular flexibility index (Phi) is 38.6. The van der Waals surface area contributed by atoms with Crippen molar-refractivity contribution >= 4 is 5.78 Å². The maximum absolute atomic E-state index is 10.8. The van der Waals surface area contributed by atoms with Crippen molar-refractivity contribution < 1.29 is 50.5 Å². The number of carbonyl (C=O) groups excluding carboxylic acids is 1. The van der Waals surface area contributed by atoms with Gasteiger partial charge in [0.15, 0.2) is 5.78 Å². The van der Waals surface area contributed by atoms with Gasteiger partial charge in [-0.05, 0) is 19.1 Å². The number of ketones is 1. The second-order valence-electron chi connectivity index (χ2n) is 2.64. The van der Waals surface area contributed by atoms with Crippen LogP contribution in [-0.2, 0) is 16.8 Å². The molecule has 0 saturated heterocycles. The molecular formula is C9H18ClCoN6O5-2. The van der Waals surface area contributed by atoms with Gasteiger partial charge in [-0.2, -0.15) is 19.2 Å². The number of nitrogens with two attached hydrogens (primary N) is 5. The third-order valence-corrected chi connectivity index (χ3v) is 1.42. The van der Waals surface area contributed by atoms with Gasteiger partial charge in [-0.15, -0.1) is 0 Å². The summed E-state index contributed by atoms with van der Waals surface area (Å²) in [6.07, 6.45) is 0. The van der Waals surface area contributed by atoms with E-state index in [-0.39, 0.29) is 53.3 Å². The first kappa shape index (κ1) is 42.8. The summed E-state index contributed by atoms with van der Waals surface area (Å²) in [5.74, 6) is 0.0227. The summed E-state index contributed by atoms with van der Waals surface area (Å²) in [6.45, 7) is 1.50. The maximum Gasteiger partial charge on any atom is 3.00 e. The van der Waals surface area contributed by atoms with Crippen LogP contribution in [0.5, 0.6) is 0 Å². The van der Waals surface area contributed by atoms with E-state index < -0.39 is 10.2 Å². The molecule has 0 bridgehead atoms. The van der Waals surface area contributed by atoms with Crippen molar-refractivity contribution in [3.05, 3.63) is 66.1 Å². The summed E-state index contributed by atoms with van der Waals surface area (Å²) in [6, 6.07) is 8.56. The molecule has 0 aliphatic heterocycles. The summed E-state index contributed by atoms with van der Waals surface area (Å²) >= 11 is 0. The zero-order chi connectivity index (χ0) is 12.8. The van der Waals surface area contributed by atoms with Crippen LogP contribution in [0, 0.1) is 21.6 Å². The molecule has 0 radical (unpaired) electrons. The number of carbonyl (C=O) groups is 1. The van der Waals surface area contributed by atoms with Gasteiger partial charge < -0.3 is 30.8 Å². The van der Waals surface area contributed by atoms with E-state index in [1.165, 1.54) is 6.92 Å². The van der Waals surface area contributed by atoms with Gasteiger partial charge in [0.05, 0.1) is 26.5 Å². The van der Waals surface area contributed by atoms with Gasteiger partial charge in [0, 0.05) is 5.56 Å². The minimum atomic E-state index is -4.69. The first-order valence-corrected chi connectivity index (χ1v) is 5.14. The summed E-state index contributed by atoms with van der Waals surface area (Å²) in [4.78, 5) is 10.8. The number of nitrogens with zero attached hydrogens (tertiary/aromatic N) is 1. The van der Waals surface area contributed by atoms with E-state index in [0.29, 0.717) is 11.1 Å². The van der Waals surface area contributed by atoms with Gasteiger partial charge in [-0.25, -0.2) is 0 Å². The molecule has 1 aromatic carbocycles. The molecule has 0 fully saturated rings. The second-order valence-corrected chi connectivity index (χ2v) is 3.43. The normalized spacial score (nSPS) is 7.09. The van der Waals surface area contributed by atoms with E-state index in [1.807, 2.05) is 6.07 Å². The summed E-state index contributed by atoms with van der Waals surface area (Å²) in [5, 5.41) is 8.43. The Labute approximate surface area is 141 Å². The zero-order valence-corrected chi connectivity index (χ0v) is 13.2. The summed E-state index contributed by atoms with van der Waals surface area (Å²) < 4.78 is 32.7. The van der Waals surface area contributed by atoms with Gasteiger partial charge >= 0.3 is 16.8 Å². The Hall–Kier alpha value is -1.18. The molecule has 13 heteroatoms. The van der Waals surface area contributed by atoms with E-state index in [2.05, 4.69) is 0 Å². The molecule has 132 valence electrons. The van der Waals surface area contributed by atoms with E-state index in [4.69, 9.17) is 23.9 Å². The van der Waals surface area contributed by atoms with Crippen LogP contribution in [-0.4, -0.2) is 10.4 Å². The Balaban J connectivity index is -0.0000000371. The van der Waals surface area contributed by atoms with Crippen LogP contribution in [0.25, 0.3) is 30.8 Å². The van der Waals surface area contributed by atoms with Crippen molar-refractivity contribution in [3.63, 3.8) is 0 Å². The number of hydrogen-bond acceptors (Lipinski definition) is 6. The van der Waals surface area contributed by atoms with E-state index in [9.17, 15) is 4.79 Å². The topological polar surface area (TPSA) is 298 Å². The van der Waals surface area contributed by atoms with Crippen LogP contribution < -0.4 is 14.0 Å². The molecule has 1 rings (SSSR count). The van der Waals surface area contributed by atoms with E-state index >= 15 is 0 Å². The molecule has 22 heavy (non-hydrogen) atoms. The molecule has 11 nitrogen and oxygen atoms in total. The molecule has 0 atom stereocenters. The van der Waals surface area contributed by atoms with Crippen molar-refractivity contribution in [1.29, 1.82) is 5.26 Å². The van der Waals surface area contributed by atoms with Crippen molar-refractivity contribution in [2.45, 2.75) is 6.92 Å². The Morgan fingerprint density at radius 3 is 1.50 bits per heavy atom. The number of hydrogen-bond donors (Lipinski definition) is 1. The second kappa shape index (κ2) is 19.8. The predicted molar refractivity (Wildman–Crippen MR) is 69.8 cm³/mol. The van der Waals surface area contributed by atoms with Gasteiger partial charge in [0.1, 0.15) is 0 Å². The third-order valence-electron chi connectivity index (χ3n) is 1.42. The van der Waals surface area contributed by atoms with Gasteiger partial charge in [-0.3, -0.25) is 4.79 Å². The smallest absolute Gasteiger partial charge is 0.693 e. The summed E-state index contributed by atoms with van der Waals surface area (Å²) in [7, 11) is -4.69. The van der Waals surface area contributed by atoms with Gasteiger partial charge in [0.2, 0.25) is 0 Å². The van der Waals surface area contributed by atoms with Crippen LogP contribution in [0.1, 0.15) is 22.8 Å². The molecule has 1 aromatic rings. The quantitative estimate of drug-likeness (QED) is 0.692. The maximum atomic E-state index is 10.8. The minimum Gasteiger partial charge on any atom is -0.693 e. The van der Waals surface area contributed by atoms with Crippen LogP contribution in [0.2, 0.25) is 0 Å². The molecule has 0 aliphatic carbocycles. The van der Waals surface area contributed by atoms with Crippen molar-refractivity contribution in [2.75, 3.05) is 0 Å². The molecule has 11 N–H and O–H groups in total. The SMILES string of the molecule is CC(=O)c1ccc(C#N)cc1.[Co+3].[NH2-].[NH2-].[NH2-].[NH2-].[NH2-].[O-][Cl+3]([O-])([O-])O. The molecule has 0 spiro atoms. The monoisotopic (exact) mass is 384 g/mol. The first-order valence-electron chi connectivity index (χ1n) is 3.88. The predicted octanol–water partition coefficient (Wildman–Crippen LogP) is 1.22. The fraction of sp³-hybridized carbons (Fsp3) is 0.111. The Morgan fingerprint density at radius 1 is 1.05 bits per heavy atom. The van der Waals surface area contributed by atoms with Crippen LogP contribution >= 0.6 is 0 Å². The molecule has 0 amide bonds. The third kappa shape index (κ3) is 27.2. The van der Waals surface area contributed by atoms with Crippen molar-refractivity contribution in [1.82, 2.24) is 0 Å².